The molecule has 0 saturated carbocycles. The van der Waals surface area contributed by atoms with E-state index in [9.17, 15) is 22.8 Å². The van der Waals surface area contributed by atoms with E-state index in [-0.39, 0.29) is 27.8 Å². The van der Waals surface area contributed by atoms with Crippen molar-refractivity contribution in [3.05, 3.63) is 39.2 Å². The molecule has 2 aromatic rings. The van der Waals surface area contributed by atoms with Crippen LogP contribution < -0.4 is 5.32 Å². The Hall–Kier alpha value is -1.77. The lowest BCUT2D eigenvalue weighted by Crippen LogP contribution is -2.30. The minimum Gasteiger partial charge on any atom is -0.462 e. The van der Waals surface area contributed by atoms with Gasteiger partial charge in [0.25, 0.3) is 0 Å². The number of hydrogen-bond donors (Lipinski definition) is 1. The molecule has 25 heavy (non-hydrogen) atoms. The number of anilines is 1. The van der Waals surface area contributed by atoms with Gasteiger partial charge in [0.1, 0.15) is 10.6 Å². The number of alkyl halides is 3. The molecule has 2 rings (SSSR count). The van der Waals surface area contributed by atoms with Gasteiger partial charge in [0.15, 0.2) is 0 Å². The number of thiophene rings is 1. The van der Waals surface area contributed by atoms with Gasteiger partial charge in [0.05, 0.1) is 6.61 Å². The number of nitrogens with one attached hydrogen (secondary N) is 1. The van der Waals surface area contributed by atoms with Crippen LogP contribution in [0, 0.1) is 0 Å². The van der Waals surface area contributed by atoms with Crippen LogP contribution in [0.25, 0.3) is 11.1 Å². The van der Waals surface area contributed by atoms with Crippen LogP contribution in [0.3, 0.4) is 0 Å². The number of carbonyl (C=O) groups is 2. The SMILES string of the molecule is CCOC(=O)c1c(-c2ccc(Cl)cc2Cl)csc1NC(=O)C(F)(F)F. The van der Waals surface area contributed by atoms with Crippen LogP contribution in [0.15, 0.2) is 23.6 Å². The molecule has 1 aromatic carbocycles. The minimum atomic E-state index is -5.09. The van der Waals surface area contributed by atoms with Crippen LogP contribution in [0.2, 0.25) is 10.0 Å². The van der Waals surface area contributed by atoms with Crippen molar-refractivity contribution in [3.8, 4) is 11.1 Å². The predicted molar refractivity (Wildman–Crippen MR) is 90.4 cm³/mol. The molecule has 0 unspecified atom stereocenters. The average Bonchev–Trinajstić information content (AvgIpc) is 2.90. The topological polar surface area (TPSA) is 55.4 Å². The number of benzene rings is 1. The molecule has 1 aromatic heterocycles. The number of esters is 1. The Balaban J connectivity index is 2.54. The molecule has 134 valence electrons. The van der Waals surface area contributed by atoms with Crippen LogP contribution in [0.4, 0.5) is 18.2 Å². The average molecular weight is 412 g/mol. The van der Waals surface area contributed by atoms with Crippen LogP contribution in [0.1, 0.15) is 17.3 Å². The molecule has 1 N–H and O–H groups in total. The van der Waals surface area contributed by atoms with Gasteiger partial charge in [-0.1, -0.05) is 29.3 Å². The summed E-state index contributed by atoms with van der Waals surface area (Å²) in [5.41, 5.74) is 0.411. The second kappa shape index (κ2) is 7.63. The second-order valence-electron chi connectivity index (χ2n) is 4.65. The highest BCUT2D eigenvalue weighted by molar-refractivity contribution is 7.15. The van der Waals surface area contributed by atoms with Crippen molar-refractivity contribution in [1.82, 2.24) is 0 Å². The van der Waals surface area contributed by atoms with Crippen LogP contribution >= 0.6 is 34.5 Å². The fourth-order valence-electron chi connectivity index (χ4n) is 1.94. The van der Waals surface area contributed by atoms with Crippen molar-refractivity contribution >= 4 is 51.4 Å². The summed E-state index contributed by atoms with van der Waals surface area (Å²) in [6, 6.07) is 4.47. The van der Waals surface area contributed by atoms with E-state index < -0.39 is 18.1 Å². The van der Waals surface area contributed by atoms with Crippen LogP contribution in [0.5, 0.6) is 0 Å². The largest absolute Gasteiger partial charge is 0.471 e. The van der Waals surface area contributed by atoms with E-state index in [1.54, 1.807) is 12.2 Å². The summed E-state index contributed by atoms with van der Waals surface area (Å²) >= 11 is 12.7. The normalized spacial score (nSPS) is 11.3. The van der Waals surface area contributed by atoms with Crippen molar-refractivity contribution in [2.45, 2.75) is 13.1 Å². The minimum absolute atomic E-state index is 0.00905. The summed E-state index contributed by atoms with van der Waals surface area (Å²) in [6.45, 7) is 1.56. The Kier molecular flexibility index (Phi) is 5.97. The molecule has 0 atom stereocenters. The summed E-state index contributed by atoms with van der Waals surface area (Å²) < 4.78 is 42.4. The Labute approximate surface area is 154 Å². The van der Waals surface area contributed by atoms with E-state index >= 15 is 0 Å². The zero-order valence-corrected chi connectivity index (χ0v) is 14.9. The Morgan fingerprint density at radius 2 is 1.92 bits per heavy atom. The zero-order valence-electron chi connectivity index (χ0n) is 12.5. The molecule has 0 aliphatic heterocycles. The first-order chi connectivity index (χ1) is 11.6. The fraction of sp³-hybridized carbons (Fsp3) is 0.200. The van der Waals surface area contributed by atoms with Gasteiger partial charge in [-0.2, -0.15) is 13.2 Å². The Bertz CT molecular complexity index is 821. The van der Waals surface area contributed by atoms with Gasteiger partial charge in [-0.05, 0) is 19.1 Å². The van der Waals surface area contributed by atoms with Crippen LogP contribution in [-0.2, 0) is 9.53 Å². The van der Waals surface area contributed by atoms with Crippen molar-refractivity contribution in [3.63, 3.8) is 0 Å². The van der Waals surface area contributed by atoms with Crippen molar-refractivity contribution < 1.29 is 27.5 Å². The highest BCUT2D eigenvalue weighted by Crippen LogP contribution is 2.40. The first-order valence-corrected chi connectivity index (χ1v) is 8.41. The fourth-order valence-corrected chi connectivity index (χ4v) is 3.39. The smallest absolute Gasteiger partial charge is 0.462 e. The summed E-state index contributed by atoms with van der Waals surface area (Å²) in [7, 11) is 0. The third kappa shape index (κ3) is 4.45. The first-order valence-electron chi connectivity index (χ1n) is 6.77. The molecule has 0 fully saturated rings. The molecule has 0 aliphatic carbocycles. The van der Waals surface area contributed by atoms with Gasteiger partial charge in [-0.3, -0.25) is 4.79 Å². The number of ether oxygens (including phenoxy) is 1. The van der Waals surface area contributed by atoms with E-state index in [1.165, 1.54) is 23.6 Å². The molecular weight excluding hydrogens is 402 g/mol. The molecule has 1 amide bonds. The lowest BCUT2D eigenvalue weighted by molar-refractivity contribution is -0.167. The number of hydrogen-bond acceptors (Lipinski definition) is 4. The standard InChI is InChI=1S/C15H10Cl2F3NO3S/c1-2-24-13(22)11-9(8-4-3-7(16)5-10(8)17)6-25-12(11)21-14(23)15(18,19)20/h3-6H,2H2,1H3,(H,21,23). The maximum absolute atomic E-state index is 12.5. The van der Waals surface area contributed by atoms with Crippen molar-refractivity contribution in [2.75, 3.05) is 11.9 Å². The quantitative estimate of drug-likeness (QED) is 0.685. The monoisotopic (exact) mass is 411 g/mol. The third-order valence-electron chi connectivity index (χ3n) is 2.98. The van der Waals surface area contributed by atoms with Crippen LogP contribution in [-0.4, -0.2) is 24.7 Å². The van der Waals surface area contributed by atoms with Gasteiger partial charge < -0.3 is 10.1 Å². The number of rotatable bonds is 4. The van der Waals surface area contributed by atoms with E-state index in [2.05, 4.69) is 0 Å². The van der Waals surface area contributed by atoms with Gasteiger partial charge in [0, 0.05) is 26.6 Å². The van der Waals surface area contributed by atoms with Gasteiger partial charge in [-0.15, -0.1) is 11.3 Å². The van der Waals surface area contributed by atoms with E-state index in [1.807, 2.05) is 0 Å². The van der Waals surface area contributed by atoms with Crippen molar-refractivity contribution in [2.24, 2.45) is 0 Å². The molecule has 0 saturated heterocycles. The highest BCUT2D eigenvalue weighted by atomic mass is 35.5. The Morgan fingerprint density at radius 3 is 2.48 bits per heavy atom. The highest BCUT2D eigenvalue weighted by Gasteiger charge is 2.40. The Morgan fingerprint density at radius 1 is 1.24 bits per heavy atom. The molecule has 10 heteroatoms. The number of amides is 1. The molecule has 0 bridgehead atoms. The maximum atomic E-state index is 12.5. The van der Waals surface area contributed by atoms with E-state index in [4.69, 9.17) is 27.9 Å². The summed E-state index contributed by atoms with van der Waals surface area (Å²) in [5.74, 6) is -3.06. The van der Waals surface area contributed by atoms with Gasteiger partial charge in [0.2, 0.25) is 0 Å². The second-order valence-corrected chi connectivity index (χ2v) is 6.37. The van der Waals surface area contributed by atoms with Gasteiger partial charge >= 0.3 is 18.1 Å². The molecule has 0 radical (unpaired) electrons. The lowest BCUT2D eigenvalue weighted by Gasteiger charge is -2.10. The summed E-state index contributed by atoms with van der Waals surface area (Å²) in [4.78, 5) is 23.4. The number of halogens is 5. The molecular formula is C15H10Cl2F3NO3S. The molecule has 0 aliphatic rings. The van der Waals surface area contributed by atoms with Gasteiger partial charge in [-0.25, -0.2) is 4.79 Å². The predicted octanol–water partition coefficient (Wildman–Crippen LogP) is 5.40. The van der Waals surface area contributed by atoms with E-state index in [0.717, 1.165) is 11.3 Å². The summed E-state index contributed by atoms with van der Waals surface area (Å²) in [5, 5.41) is 3.38. The molecule has 0 spiro atoms. The zero-order chi connectivity index (χ0) is 18.8. The van der Waals surface area contributed by atoms with E-state index in [0.29, 0.717) is 10.6 Å². The molecule has 1 heterocycles. The molecule has 4 nitrogen and oxygen atoms in total. The van der Waals surface area contributed by atoms with Crippen molar-refractivity contribution in [1.29, 1.82) is 0 Å². The lowest BCUT2D eigenvalue weighted by atomic mass is 10.0. The summed E-state index contributed by atoms with van der Waals surface area (Å²) in [6.07, 6.45) is -5.09. The first kappa shape index (κ1) is 19.6. The number of carbonyl (C=O) groups excluding carboxylic acids is 2. The maximum Gasteiger partial charge on any atom is 0.471 e. The third-order valence-corrected chi connectivity index (χ3v) is 4.42.